The van der Waals surface area contributed by atoms with Crippen LogP contribution < -0.4 is 10.2 Å². The number of nitrogens with zero attached hydrogens (tertiary/aromatic N) is 2. The number of aliphatic imine (C=N–C) groups is 1. The summed E-state index contributed by atoms with van der Waals surface area (Å²) in [6, 6.07) is 17.6. The van der Waals surface area contributed by atoms with Crippen molar-refractivity contribution in [2.45, 2.75) is 65.0 Å². The van der Waals surface area contributed by atoms with E-state index in [9.17, 15) is 9.59 Å². The highest BCUT2D eigenvalue weighted by atomic mass is 16.2. The summed E-state index contributed by atoms with van der Waals surface area (Å²) in [7, 11) is 1.75. The fourth-order valence-corrected chi connectivity index (χ4v) is 4.27. The number of benzene rings is 2. The van der Waals surface area contributed by atoms with Gasteiger partial charge in [0, 0.05) is 24.1 Å². The van der Waals surface area contributed by atoms with Gasteiger partial charge in [0.25, 0.3) is 5.91 Å². The average Bonchev–Trinajstić information content (AvgIpc) is 2.92. The molecule has 0 radical (unpaired) electrons. The Morgan fingerprint density at radius 2 is 1.69 bits per heavy atom. The maximum atomic E-state index is 13.3. The van der Waals surface area contributed by atoms with Crippen LogP contribution in [0.4, 0.5) is 5.69 Å². The van der Waals surface area contributed by atoms with Gasteiger partial charge in [-0.2, -0.15) is 0 Å². The van der Waals surface area contributed by atoms with Crippen molar-refractivity contribution < 1.29 is 9.59 Å². The molecule has 1 aliphatic rings. The summed E-state index contributed by atoms with van der Waals surface area (Å²) < 4.78 is 0. The van der Waals surface area contributed by atoms with Crippen molar-refractivity contribution in [3.8, 4) is 0 Å². The van der Waals surface area contributed by atoms with Crippen molar-refractivity contribution in [1.29, 1.82) is 0 Å². The summed E-state index contributed by atoms with van der Waals surface area (Å²) in [5, 5.41) is 2.98. The van der Waals surface area contributed by atoms with Gasteiger partial charge in [-0.15, -0.1) is 0 Å². The molecule has 2 aromatic carbocycles. The van der Waals surface area contributed by atoms with Crippen molar-refractivity contribution in [2.24, 2.45) is 10.9 Å². The van der Waals surface area contributed by atoms with Crippen LogP contribution in [-0.2, 0) is 9.59 Å². The molecule has 1 aliphatic heterocycles. The Balaban J connectivity index is 1.89. The molecule has 0 saturated heterocycles. The molecule has 5 heteroatoms. The molecule has 1 unspecified atom stereocenters. The molecule has 1 N–H and O–H groups in total. The molecule has 0 saturated carbocycles. The van der Waals surface area contributed by atoms with Crippen LogP contribution in [-0.4, -0.2) is 30.7 Å². The highest BCUT2D eigenvalue weighted by Crippen LogP contribution is 2.27. The summed E-state index contributed by atoms with van der Waals surface area (Å²) in [6.07, 6.45) is 6.21. The number of nitrogens with one attached hydrogen (secondary N) is 1. The van der Waals surface area contributed by atoms with Gasteiger partial charge in [0.15, 0.2) is 0 Å². The third kappa shape index (κ3) is 5.64. The van der Waals surface area contributed by atoms with Crippen molar-refractivity contribution in [1.82, 2.24) is 5.32 Å². The molecule has 0 fully saturated rings. The topological polar surface area (TPSA) is 61.8 Å². The number of carbonyl (C=O) groups is 2. The van der Waals surface area contributed by atoms with Crippen LogP contribution in [0.15, 0.2) is 59.6 Å². The fraction of sp³-hybridized carbons (Fsp3) is 0.444. The summed E-state index contributed by atoms with van der Waals surface area (Å²) in [4.78, 5) is 32.9. The monoisotopic (exact) mass is 433 g/mol. The number of benzodiazepines with no additional fused rings is 1. The van der Waals surface area contributed by atoms with E-state index in [0.717, 1.165) is 54.6 Å². The molecule has 0 aromatic heterocycles. The Labute approximate surface area is 191 Å². The number of amides is 2. The Morgan fingerprint density at radius 3 is 2.41 bits per heavy atom. The minimum absolute atomic E-state index is 0.0720. The molecule has 32 heavy (non-hydrogen) atoms. The van der Waals surface area contributed by atoms with Crippen molar-refractivity contribution in [2.75, 3.05) is 11.9 Å². The van der Waals surface area contributed by atoms with Gasteiger partial charge < -0.3 is 10.2 Å². The number of unbranched alkanes of at least 4 members (excludes halogenated alkanes) is 3. The highest BCUT2D eigenvalue weighted by molar-refractivity contribution is 6.20. The molecule has 2 atom stereocenters. The van der Waals surface area contributed by atoms with E-state index in [1.165, 1.54) is 12.8 Å². The zero-order chi connectivity index (χ0) is 22.9. The van der Waals surface area contributed by atoms with Crippen molar-refractivity contribution in [3.05, 3.63) is 65.7 Å². The lowest BCUT2D eigenvalue weighted by Gasteiger charge is -2.23. The lowest BCUT2D eigenvalue weighted by Crippen LogP contribution is -2.47. The van der Waals surface area contributed by atoms with E-state index in [2.05, 4.69) is 19.2 Å². The molecule has 170 valence electrons. The fourth-order valence-electron chi connectivity index (χ4n) is 4.27. The minimum Gasteiger partial charge on any atom is -0.326 e. The predicted octanol–water partition coefficient (Wildman–Crippen LogP) is 5.33. The second-order valence-electron chi connectivity index (χ2n) is 8.50. The first-order valence-electron chi connectivity index (χ1n) is 11.9. The summed E-state index contributed by atoms with van der Waals surface area (Å²) in [5.74, 6) is -0.383. The lowest BCUT2D eigenvalue weighted by atomic mass is 9.95. The van der Waals surface area contributed by atoms with Crippen molar-refractivity contribution in [3.63, 3.8) is 0 Å². The maximum Gasteiger partial charge on any atom is 0.272 e. The number of anilines is 1. The molecule has 2 aromatic rings. The SMILES string of the molecule is CCCCCCC(CCC)C(=O)N[C@@H]1N=C(c2ccccc2)c2ccccc2N(C)C1=O. The van der Waals surface area contributed by atoms with E-state index >= 15 is 0 Å². The molecule has 5 nitrogen and oxygen atoms in total. The van der Waals surface area contributed by atoms with Crippen LogP contribution in [0.1, 0.15) is 69.9 Å². The Hall–Kier alpha value is -2.95. The first kappa shape index (κ1) is 23.7. The smallest absolute Gasteiger partial charge is 0.272 e. The van der Waals surface area contributed by atoms with Gasteiger partial charge in [-0.25, -0.2) is 4.99 Å². The maximum absolute atomic E-state index is 13.3. The van der Waals surface area contributed by atoms with E-state index in [-0.39, 0.29) is 17.7 Å². The molecule has 0 bridgehead atoms. The number of likely N-dealkylation sites (N-methyl/N-ethyl adjacent to an activating group) is 1. The van der Waals surface area contributed by atoms with Crippen LogP contribution >= 0.6 is 0 Å². The Bertz CT molecular complexity index is 939. The van der Waals surface area contributed by atoms with Gasteiger partial charge >= 0.3 is 0 Å². The van der Waals surface area contributed by atoms with Gasteiger partial charge in [-0.05, 0) is 18.9 Å². The summed E-state index contributed by atoms with van der Waals surface area (Å²) >= 11 is 0. The molecule has 3 rings (SSSR count). The van der Waals surface area contributed by atoms with Gasteiger partial charge in [0.1, 0.15) is 0 Å². The quantitative estimate of drug-likeness (QED) is 0.515. The van der Waals surface area contributed by atoms with Gasteiger partial charge in [-0.1, -0.05) is 94.5 Å². The van der Waals surface area contributed by atoms with E-state index in [1.54, 1.807) is 11.9 Å². The molecule has 0 aliphatic carbocycles. The largest absolute Gasteiger partial charge is 0.326 e. The number of hydrogen-bond acceptors (Lipinski definition) is 3. The molecule has 2 amide bonds. The number of rotatable bonds is 10. The predicted molar refractivity (Wildman–Crippen MR) is 131 cm³/mol. The van der Waals surface area contributed by atoms with E-state index in [0.29, 0.717) is 0 Å². The first-order chi connectivity index (χ1) is 15.6. The van der Waals surface area contributed by atoms with E-state index in [4.69, 9.17) is 4.99 Å². The Morgan fingerprint density at radius 1 is 0.969 bits per heavy atom. The Kier molecular flexibility index (Phi) is 8.60. The third-order valence-corrected chi connectivity index (χ3v) is 6.08. The second-order valence-corrected chi connectivity index (χ2v) is 8.50. The third-order valence-electron chi connectivity index (χ3n) is 6.08. The zero-order valence-corrected chi connectivity index (χ0v) is 19.5. The highest BCUT2D eigenvalue weighted by Gasteiger charge is 2.32. The molecule has 1 heterocycles. The lowest BCUT2D eigenvalue weighted by molar-refractivity contribution is -0.130. The summed E-state index contributed by atoms with van der Waals surface area (Å²) in [6.45, 7) is 4.28. The van der Waals surface area contributed by atoms with Crippen molar-refractivity contribution >= 4 is 23.2 Å². The van der Waals surface area contributed by atoms with E-state index < -0.39 is 6.17 Å². The number of carbonyl (C=O) groups excluding carboxylic acids is 2. The van der Waals surface area contributed by atoms with E-state index in [1.807, 2.05) is 54.6 Å². The van der Waals surface area contributed by atoms with Crippen LogP contribution in [0.5, 0.6) is 0 Å². The van der Waals surface area contributed by atoms with Gasteiger partial charge in [0.2, 0.25) is 12.1 Å². The molecule has 0 spiro atoms. The van der Waals surface area contributed by atoms with Gasteiger partial charge in [0.05, 0.1) is 11.4 Å². The van der Waals surface area contributed by atoms with Crippen LogP contribution in [0.3, 0.4) is 0 Å². The molecular weight excluding hydrogens is 398 g/mol. The van der Waals surface area contributed by atoms with Crippen LogP contribution in [0.25, 0.3) is 0 Å². The zero-order valence-electron chi connectivity index (χ0n) is 19.5. The average molecular weight is 434 g/mol. The second kappa shape index (κ2) is 11.6. The summed E-state index contributed by atoms with van der Waals surface area (Å²) in [5.41, 5.74) is 3.32. The number of fused-ring (bicyclic) bond motifs is 1. The van der Waals surface area contributed by atoms with Crippen LogP contribution in [0.2, 0.25) is 0 Å². The number of para-hydroxylation sites is 1. The van der Waals surface area contributed by atoms with Crippen LogP contribution in [0, 0.1) is 5.92 Å². The van der Waals surface area contributed by atoms with Gasteiger partial charge in [-0.3, -0.25) is 9.59 Å². The normalized spacial score (nSPS) is 16.7. The molecular formula is C27H35N3O2. The standard InChI is InChI=1S/C27H35N3O2/c1-4-6-7-9-17-21(14-5-2)26(31)29-25-27(32)30(3)23-19-13-12-18-22(23)24(28-25)20-15-10-8-11-16-20/h8,10-13,15-16,18-19,21,25H,4-7,9,14,17H2,1-3H3,(H,29,31)/t21?,25-/m0/s1. The number of hydrogen-bond donors (Lipinski definition) is 1. The minimum atomic E-state index is -0.940. The first-order valence-corrected chi connectivity index (χ1v) is 11.9.